The molecule has 1 heterocycles. The molecule has 23 heavy (non-hydrogen) atoms. The maximum absolute atomic E-state index is 12.7. The Balaban J connectivity index is 2.19. The number of hydrogen-bond donors (Lipinski definition) is 1. The normalized spacial score (nSPS) is 13.8. The van der Waals surface area contributed by atoms with Crippen LogP contribution in [0.1, 0.15) is 27.9 Å². The molecule has 2 aromatic carbocycles. The van der Waals surface area contributed by atoms with Crippen LogP contribution in [0, 0.1) is 11.3 Å². The highest BCUT2D eigenvalue weighted by Gasteiger charge is 2.30. The predicted octanol–water partition coefficient (Wildman–Crippen LogP) is 1.71. The highest BCUT2D eigenvalue weighted by Crippen LogP contribution is 2.29. The molecule has 1 aliphatic heterocycles. The van der Waals surface area contributed by atoms with Crippen LogP contribution in [-0.4, -0.2) is 34.3 Å². The first kappa shape index (κ1) is 14.7. The molecule has 0 saturated heterocycles. The van der Waals surface area contributed by atoms with Crippen molar-refractivity contribution >= 4 is 28.6 Å². The van der Waals surface area contributed by atoms with Crippen molar-refractivity contribution in [3.8, 4) is 6.07 Å². The van der Waals surface area contributed by atoms with Crippen molar-refractivity contribution in [1.29, 1.82) is 5.26 Å². The number of hydrogen-bond acceptors (Lipinski definition) is 4. The summed E-state index contributed by atoms with van der Waals surface area (Å²) in [5.74, 6) is -2.06. The van der Waals surface area contributed by atoms with Crippen LogP contribution >= 0.6 is 0 Å². The van der Waals surface area contributed by atoms with E-state index in [4.69, 9.17) is 10.4 Å². The summed E-state index contributed by atoms with van der Waals surface area (Å²) in [5, 5.41) is 19.3. The molecule has 6 nitrogen and oxygen atoms in total. The van der Waals surface area contributed by atoms with Crippen LogP contribution < -0.4 is 0 Å². The van der Waals surface area contributed by atoms with Gasteiger partial charge in [0.15, 0.2) is 0 Å². The second-order valence-corrected chi connectivity index (χ2v) is 5.32. The lowest BCUT2D eigenvalue weighted by Crippen LogP contribution is -2.38. The minimum Gasteiger partial charge on any atom is -0.481 e. The Hall–Kier alpha value is -3.20. The van der Waals surface area contributed by atoms with Crippen LogP contribution in [0.3, 0.4) is 0 Å². The monoisotopic (exact) mass is 308 g/mol. The van der Waals surface area contributed by atoms with Crippen molar-refractivity contribution in [3.05, 3.63) is 47.0 Å². The zero-order valence-electron chi connectivity index (χ0n) is 12.1. The summed E-state index contributed by atoms with van der Waals surface area (Å²) in [4.78, 5) is 36.8. The Morgan fingerprint density at radius 3 is 2.78 bits per heavy atom. The Morgan fingerprint density at radius 2 is 2.09 bits per heavy atom. The van der Waals surface area contributed by atoms with Crippen LogP contribution in [-0.2, 0) is 16.0 Å². The van der Waals surface area contributed by atoms with E-state index in [-0.39, 0.29) is 24.9 Å². The largest absolute Gasteiger partial charge is 0.481 e. The molecule has 1 N–H and O–H groups in total. The quantitative estimate of drug-likeness (QED) is 0.870. The van der Waals surface area contributed by atoms with Crippen molar-refractivity contribution in [2.75, 3.05) is 6.54 Å². The van der Waals surface area contributed by atoms with E-state index in [1.807, 2.05) is 6.07 Å². The number of imide groups is 1. The molecule has 0 aromatic heterocycles. The highest BCUT2D eigenvalue weighted by molar-refractivity contribution is 6.16. The molecule has 3 rings (SSSR count). The number of nitriles is 1. The Bertz CT molecular complexity index is 895. The Kier molecular flexibility index (Phi) is 3.54. The van der Waals surface area contributed by atoms with Gasteiger partial charge in [0.25, 0.3) is 5.91 Å². The van der Waals surface area contributed by atoms with Gasteiger partial charge in [0.2, 0.25) is 5.91 Å². The SMILES string of the molecule is N#Cc1cc2c3c(cccc3c1)CC(=O)N(CCC(=O)O)C2=O. The summed E-state index contributed by atoms with van der Waals surface area (Å²) in [6.45, 7) is -0.181. The van der Waals surface area contributed by atoms with E-state index in [2.05, 4.69) is 0 Å². The van der Waals surface area contributed by atoms with Crippen molar-refractivity contribution in [2.24, 2.45) is 0 Å². The molecule has 0 bridgehead atoms. The number of aliphatic carboxylic acids is 1. The molecule has 0 spiro atoms. The van der Waals surface area contributed by atoms with E-state index in [0.29, 0.717) is 16.5 Å². The minimum absolute atomic E-state index is 0.0294. The standard InChI is InChI=1S/C17H12N2O4/c18-9-10-6-11-2-1-3-12-8-14(20)19(5-4-15(21)22)17(23)13(7-10)16(11)12/h1-3,6-7H,4-5,8H2,(H,21,22). The second kappa shape index (κ2) is 5.54. The van der Waals surface area contributed by atoms with E-state index in [9.17, 15) is 14.4 Å². The summed E-state index contributed by atoms with van der Waals surface area (Å²) < 4.78 is 0. The van der Waals surface area contributed by atoms with Gasteiger partial charge in [-0.2, -0.15) is 5.26 Å². The van der Waals surface area contributed by atoms with Crippen LogP contribution in [0.5, 0.6) is 0 Å². The predicted molar refractivity (Wildman–Crippen MR) is 80.7 cm³/mol. The minimum atomic E-state index is -1.08. The molecule has 0 radical (unpaired) electrons. The van der Waals surface area contributed by atoms with Gasteiger partial charge in [0, 0.05) is 12.1 Å². The van der Waals surface area contributed by atoms with Gasteiger partial charge in [-0.1, -0.05) is 18.2 Å². The van der Waals surface area contributed by atoms with Crippen molar-refractivity contribution in [2.45, 2.75) is 12.8 Å². The lowest BCUT2D eigenvalue weighted by molar-refractivity contribution is -0.137. The summed E-state index contributed by atoms with van der Waals surface area (Å²) in [7, 11) is 0. The fourth-order valence-electron chi connectivity index (χ4n) is 2.84. The molecule has 0 saturated carbocycles. The third-order valence-electron chi connectivity index (χ3n) is 3.86. The number of carboxylic acid groups (broad SMARTS) is 1. The molecule has 6 heteroatoms. The fourth-order valence-corrected chi connectivity index (χ4v) is 2.84. The molecule has 1 aliphatic rings. The summed E-state index contributed by atoms with van der Waals surface area (Å²) in [6, 6.07) is 10.5. The van der Waals surface area contributed by atoms with Crippen LogP contribution in [0.15, 0.2) is 30.3 Å². The van der Waals surface area contributed by atoms with Gasteiger partial charge in [-0.15, -0.1) is 0 Å². The maximum Gasteiger partial charge on any atom is 0.305 e. The van der Waals surface area contributed by atoms with Crippen molar-refractivity contribution in [1.82, 2.24) is 4.90 Å². The zero-order valence-corrected chi connectivity index (χ0v) is 12.1. The summed E-state index contributed by atoms with van der Waals surface area (Å²) in [5.41, 5.74) is 1.30. The molecule has 0 unspecified atom stereocenters. The van der Waals surface area contributed by atoms with Crippen LogP contribution in [0.4, 0.5) is 0 Å². The summed E-state index contributed by atoms with van der Waals surface area (Å²) >= 11 is 0. The lowest BCUT2D eigenvalue weighted by atomic mass is 9.96. The van der Waals surface area contributed by atoms with Gasteiger partial charge in [-0.05, 0) is 28.5 Å². The number of amides is 2. The van der Waals surface area contributed by atoms with E-state index in [1.165, 1.54) is 6.07 Å². The molecule has 0 atom stereocenters. The topological polar surface area (TPSA) is 98.5 Å². The third kappa shape index (κ3) is 2.53. The molecule has 2 amide bonds. The molecule has 0 fully saturated rings. The van der Waals surface area contributed by atoms with Gasteiger partial charge >= 0.3 is 5.97 Å². The van der Waals surface area contributed by atoms with E-state index < -0.39 is 17.8 Å². The summed E-state index contributed by atoms with van der Waals surface area (Å²) in [6.07, 6.45) is -0.281. The first-order chi connectivity index (χ1) is 11.0. The van der Waals surface area contributed by atoms with Crippen LogP contribution in [0.25, 0.3) is 10.8 Å². The Labute approximate surface area is 131 Å². The molecule has 114 valence electrons. The van der Waals surface area contributed by atoms with E-state index in [0.717, 1.165) is 10.3 Å². The number of carbonyl (C=O) groups is 3. The van der Waals surface area contributed by atoms with Gasteiger partial charge in [0.1, 0.15) is 0 Å². The zero-order chi connectivity index (χ0) is 16.6. The van der Waals surface area contributed by atoms with Gasteiger partial charge in [-0.3, -0.25) is 19.3 Å². The van der Waals surface area contributed by atoms with Crippen molar-refractivity contribution in [3.63, 3.8) is 0 Å². The average Bonchev–Trinajstić information content (AvgIpc) is 2.62. The number of benzene rings is 2. The third-order valence-corrected chi connectivity index (χ3v) is 3.86. The number of carboxylic acids is 1. The fraction of sp³-hybridized carbons (Fsp3) is 0.176. The van der Waals surface area contributed by atoms with Crippen molar-refractivity contribution < 1.29 is 19.5 Å². The van der Waals surface area contributed by atoms with Gasteiger partial charge < -0.3 is 5.11 Å². The number of carbonyl (C=O) groups excluding carboxylic acids is 2. The average molecular weight is 308 g/mol. The smallest absolute Gasteiger partial charge is 0.305 e. The molecule has 0 aliphatic carbocycles. The van der Waals surface area contributed by atoms with Gasteiger partial charge in [0.05, 0.1) is 24.5 Å². The molecular weight excluding hydrogens is 296 g/mol. The highest BCUT2D eigenvalue weighted by atomic mass is 16.4. The van der Waals surface area contributed by atoms with E-state index >= 15 is 0 Å². The molecular formula is C17H12N2O4. The maximum atomic E-state index is 12.7. The number of nitrogens with zero attached hydrogens (tertiary/aromatic N) is 2. The molecule has 2 aromatic rings. The second-order valence-electron chi connectivity index (χ2n) is 5.32. The first-order valence-electron chi connectivity index (χ1n) is 7.03. The lowest BCUT2D eigenvalue weighted by Gasteiger charge is -2.18. The first-order valence-corrected chi connectivity index (χ1v) is 7.03. The number of rotatable bonds is 3. The van der Waals surface area contributed by atoms with E-state index in [1.54, 1.807) is 24.3 Å². The Morgan fingerprint density at radius 1 is 1.30 bits per heavy atom. The van der Waals surface area contributed by atoms with Crippen LogP contribution in [0.2, 0.25) is 0 Å². The van der Waals surface area contributed by atoms with Gasteiger partial charge in [-0.25, -0.2) is 0 Å².